The average Bonchev–Trinajstić information content (AvgIpc) is 2.01. The lowest BCUT2D eigenvalue weighted by Crippen LogP contribution is -1.88. The first-order valence-corrected chi connectivity index (χ1v) is 5.25. The van der Waals surface area contributed by atoms with Crippen molar-refractivity contribution in [2.24, 2.45) is 0 Å². The van der Waals surface area contributed by atoms with E-state index in [0.29, 0.717) is 0 Å². The van der Waals surface area contributed by atoms with Crippen molar-refractivity contribution in [3.63, 3.8) is 0 Å². The van der Waals surface area contributed by atoms with Gasteiger partial charge in [0, 0.05) is 4.47 Å². The Hall–Kier alpha value is -0.890. The molecule has 0 unspecified atom stereocenters. The zero-order valence-electron chi connectivity index (χ0n) is 8.60. The molecular formula is C12H13BrO. The van der Waals surface area contributed by atoms with Gasteiger partial charge in [-0.05, 0) is 55.7 Å². The van der Waals surface area contributed by atoms with Crippen molar-refractivity contribution in [3.05, 3.63) is 39.4 Å². The first-order chi connectivity index (χ1) is 6.50. The van der Waals surface area contributed by atoms with Crippen LogP contribution in [-0.4, -0.2) is 5.78 Å². The molecule has 2 heteroatoms. The van der Waals surface area contributed by atoms with Gasteiger partial charge in [-0.1, -0.05) is 22.0 Å². The van der Waals surface area contributed by atoms with Crippen LogP contribution in [0.25, 0.3) is 6.08 Å². The molecule has 0 aliphatic rings. The summed E-state index contributed by atoms with van der Waals surface area (Å²) >= 11 is 3.44. The standard InChI is InChI=1S/C12H13BrO/c1-8-6-11(13)7-9(2)12(8)5-4-10(3)14/h4-7H,1-3H3/b5-4+. The third kappa shape index (κ3) is 2.81. The van der Waals surface area contributed by atoms with E-state index < -0.39 is 0 Å². The van der Waals surface area contributed by atoms with Gasteiger partial charge in [-0.3, -0.25) is 4.79 Å². The lowest BCUT2D eigenvalue weighted by atomic mass is 10.0. The van der Waals surface area contributed by atoms with E-state index in [1.165, 1.54) is 11.1 Å². The zero-order valence-corrected chi connectivity index (χ0v) is 10.2. The summed E-state index contributed by atoms with van der Waals surface area (Å²) in [5, 5.41) is 0. The molecule has 1 aromatic carbocycles. The van der Waals surface area contributed by atoms with E-state index in [-0.39, 0.29) is 5.78 Å². The van der Waals surface area contributed by atoms with Crippen LogP contribution in [0.15, 0.2) is 22.7 Å². The van der Waals surface area contributed by atoms with Crippen molar-refractivity contribution in [2.75, 3.05) is 0 Å². The van der Waals surface area contributed by atoms with Crippen molar-refractivity contribution in [1.82, 2.24) is 0 Å². The van der Waals surface area contributed by atoms with E-state index in [1.54, 1.807) is 13.0 Å². The van der Waals surface area contributed by atoms with E-state index in [2.05, 4.69) is 15.9 Å². The predicted octanol–water partition coefficient (Wildman–Crippen LogP) is 3.67. The average molecular weight is 253 g/mol. The van der Waals surface area contributed by atoms with Gasteiger partial charge in [0.05, 0.1) is 0 Å². The second-order valence-electron chi connectivity index (χ2n) is 3.40. The number of carbonyl (C=O) groups excluding carboxylic acids is 1. The summed E-state index contributed by atoms with van der Waals surface area (Å²) < 4.78 is 1.08. The highest BCUT2D eigenvalue weighted by atomic mass is 79.9. The zero-order chi connectivity index (χ0) is 10.7. The molecule has 0 spiro atoms. The Morgan fingerprint density at radius 3 is 2.21 bits per heavy atom. The van der Waals surface area contributed by atoms with Crippen LogP contribution < -0.4 is 0 Å². The maximum absolute atomic E-state index is 10.8. The molecule has 0 heterocycles. The Morgan fingerprint density at radius 2 is 1.79 bits per heavy atom. The Labute approximate surface area is 93.0 Å². The van der Waals surface area contributed by atoms with Crippen LogP contribution in [0.2, 0.25) is 0 Å². The fourth-order valence-corrected chi connectivity index (χ4v) is 2.07. The van der Waals surface area contributed by atoms with Crippen molar-refractivity contribution in [3.8, 4) is 0 Å². The minimum absolute atomic E-state index is 0.0757. The van der Waals surface area contributed by atoms with E-state index in [0.717, 1.165) is 10.0 Å². The normalized spacial score (nSPS) is 10.9. The molecule has 0 fully saturated rings. The van der Waals surface area contributed by atoms with Crippen LogP contribution >= 0.6 is 15.9 Å². The summed E-state index contributed by atoms with van der Waals surface area (Å²) in [5.41, 5.74) is 3.48. The molecule has 0 aliphatic carbocycles. The molecule has 14 heavy (non-hydrogen) atoms. The first-order valence-electron chi connectivity index (χ1n) is 4.46. The van der Waals surface area contributed by atoms with Crippen LogP contribution in [0, 0.1) is 13.8 Å². The van der Waals surface area contributed by atoms with Crippen LogP contribution in [0.4, 0.5) is 0 Å². The molecule has 1 rings (SSSR count). The number of benzene rings is 1. The van der Waals surface area contributed by atoms with Crippen molar-refractivity contribution >= 4 is 27.8 Å². The molecule has 0 amide bonds. The molecule has 1 nitrogen and oxygen atoms in total. The van der Waals surface area contributed by atoms with Gasteiger partial charge < -0.3 is 0 Å². The Balaban J connectivity index is 3.15. The summed E-state index contributed by atoms with van der Waals surface area (Å²) in [6.07, 6.45) is 3.47. The highest BCUT2D eigenvalue weighted by molar-refractivity contribution is 9.10. The molecule has 0 saturated heterocycles. The monoisotopic (exact) mass is 252 g/mol. The minimum Gasteiger partial charge on any atom is -0.295 e. The van der Waals surface area contributed by atoms with Crippen LogP contribution in [0.1, 0.15) is 23.6 Å². The highest BCUT2D eigenvalue weighted by Gasteiger charge is 2.00. The fourth-order valence-electron chi connectivity index (χ4n) is 1.39. The summed E-state index contributed by atoms with van der Waals surface area (Å²) in [6, 6.07) is 4.10. The molecule has 0 bridgehead atoms. The number of allylic oxidation sites excluding steroid dienone is 1. The number of halogens is 1. The number of aryl methyl sites for hydroxylation is 2. The third-order valence-corrected chi connectivity index (χ3v) is 2.50. The van der Waals surface area contributed by atoms with Crippen molar-refractivity contribution in [1.29, 1.82) is 0 Å². The Kier molecular flexibility index (Phi) is 3.64. The third-order valence-electron chi connectivity index (χ3n) is 2.04. The number of hydrogen-bond acceptors (Lipinski definition) is 1. The SMILES string of the molecule is CC(=O)/C=C/c1c(C)cc(Br)cc1C. The quantitative estimate of drug-likeness (QED) is 0.735. The van der Waals surface area contributed by atoms with Crippen molar-refractivity contribution in [2.45, 2.75) is 20.8 Å². The topological polar surface area (TPSA) is 17.1 Å². The number of ketones is 1. The lowest BCUT2D eigenvalue weighted by molar-refractivity contribution is -0.112. The van der Waals surface area contributed by atoms with E-state index in [4.69, 9.17) is 0 Å². The van der Waals surface area contributed by atoms with Gasteiger partial charge >= 0.3 is 0 Å². The summed E-state index contributed by atoms with van der Waals surface area (Å²) in [6.45, 7) is 5.63. The van der Waals surface area contributed by atoms with E-state index in [1.807, 2.05) is 32.1 Å². The molecular weight excluding hydrogens is 240 g/mol. The molecule has 0 aliphatic heterocycles. The molecule has 0 radical (unpaired) electrons. The second kappa shape index (κ2) is 4.56. The van der Waals surface area contributed by atoms with Crippen LogP contribution in [-0.2, 0) is 4.79 Å². The largest absolute Gasteiger partial charge is 0.295 e. The molecule has 0 N–H and O–H groups in total. The molecule has 0 atom stereocenters. The van der Waals surface area contributed by atoms with Crippen LogP contribution in [0.5, 0.6) is 0 Å². The molecule has 1 aromatic rings. The van der Waals surface area contributed by atoms with Crippen LogP contribution in [0.3, 0.4) is 0 Å². The summed E-state index contributed by atoms with van der Waals surface area (Å²) in [4.78, 5) is 10.8. The molecule has 0 saturated carbocycles. The number of carbonyl (C=O) groups is 1. The van der Waals surface area contributed by atoms with Gasteiger partial charge in [0.25, 0.3) is 0 Å². The summed E-state index contributed by atoms with van der Waals surface area (Å²) in [5.74, 6) is 0.0757. The van der Waals surface area contributed by atoms with Gasteiger partial charge in [0.15, 0.2) is 5.78 Å². The number of hydrogen-bond donors (Lipinski definition) is 0. The maximum atomic E-state index is 10.8. The number of rotatable bonds is 2. The fraction of sp³-hybridized carbons (Fsp3) is 0.250. The lowest BCUT2D eigenvalue weighted by Gasteiger charge is -2.05. The van der Waals surface area contributed by atoms with Gasteiger partial charge in [-0.15, -0.1) is 0 Å². The minimum atomic E-state index is 0.0757. The summed E-state index contributed by atoms with van der Waals surface area (Å²) in [7, 11) is 0. The first kappa shape index (κ1) is 11.2. The van der Waals surface area contributed by atoms with E-state index in [9.17, 15) is 4.79 Å². The second-order valence-corrected chi connectivity index (χ2v) is 4.31. The smallest absolute Gasteiger partial charge is 0.152 e. The molecule has 74 valence electrons. The van der Waals surface area contributed by atoms with Crippen molar-refractivity contribution < 1.29 is 4.79 Å². The van der Waals surface area contributed by atoms with E-state index >= 15 is 0 Å². The predicted molar refractivity (Wildman–Crippen MR) is 63.3 cm³/mol. The molecule has 0 aromatic heterocycles. The Morgan fingerprint density at radius 1 is 1.29 bits per heavy atom. The highest BCUT2D eigenvalue weighted by Crippen LogP contribution is 2.21. The Bertz CT molecular complexity index is 368. The maximum Gasteiger partial charge on any atom is 0.152 e. The van der Waals surface area contributed by atoms with Gasteiger partial charge in [0.2, 0.25) is 0 Å². The van der Waals surface area contributed by atoms with Gasteiger partial charge in [-0.25, -0.2) is 0 Å². The van der Waals surface area contributed by atoms with Gasteiger partial charge in [0.1, 0.15) is 0 Å². The van der Waals surface area contributed by atoms with Gasteiger partial charge in [-0.2, -0.15) is 0 Å².